The van der Waals surface area contributed by atoms with Gasteiger partial charge in [-0.2, -0.15) is 0 Å². The molecule has 1 aromatic rings. The number of fused-ring (bicyclic) bond motifs is 1. The highest BCUT2D eigenvalue weighted by atomic mass is 16.5. The molecule has 0 unspecified atom stereocenters. The Hall–Kier alpha value is -1.69. The number of nitrogens with zero attached hydrogens (tertiary/aromatic N) is 1. The average Bonchev–Trinajstić information content (AvgIpc) is 2.74. The number of piperidine rings is 1. The molecule has 0 aromatic heterocycles. The first-order valence-electron chi connectivity index (χ1n) is 11.2. The first kappa shape index (κ1) is 24.0. The summed E-state index contributed by atoms with van der Waals surface area (Å²) >= 11 is 0. The summed E-state index contributed by atoms with van der Waals surface area (Å²) in [5.74, 6) is 0.194. The summed E-state index contributed by atoms with van der Waals surface area (Å²) in [7, 11) is -1.24. The molecule has 9 nitrogen and oxygen atoms in total. The number of hydrogen-bond acceptors (Lipinski definition) is 8. The molecule has 1 atom stereocenters. The van der Waals surface area contributed by atoms with Crippen LogP contribution in [0.1, 0.15) is 37.2 Å². The van der Waals surface area contributed by atoms with E-state index in [4.69, 9.17) is 4.65 Å². The Balaban J connectivity index is 1.41. The van der Waals surface area contributed by atoms with Crippen molar-refractivity contribution in [2.75, 3.05) is 45.8 Å². The van der Waals surface area contributed by atoms with Crippen molar-refractivity contribution in [2.45, 2.75) is 38.4 Å². The number of aliphatic hydroxyl groups excluding tert-OH is 1. The molecule has 2 aliphatic rings. The number of carbonyl (C=O) groups excluding carboxylic acids is 1. The number of rotatable bonds is 10. The zero-order valence-electron chi connectivity index (χ0n) is 18.2. The van der Waals surface area contributed by atoms with Gasteiger partial charge in [0.1, 0.15) is 5.75 Å². The van der Waals surface area contributed by atoms with Gasteiger partial charge in [0.25, 0.3) is 0 Å². The largest absolute Gasteiger partial charge is 0.547 e. The molecule has 0 aliphatic carbocycles. The highest BCUT2D eigenvalue weighted by Gasteiger charge is 2.37. The van der Waals surface area contributed by atoms with E-state index in [9.17, 15) is 20.0 Å². The molecule has 0 saturated carbocycles. The van der Waals surface area contributed by atoms with Crippen molar-refractivity contribution in [3.63, 3.8) is 0 Å². The van der Waals surface area contributed by atoms with Crippen molar-refractivity contribution < 1.29 is 24.7 Å². The fraction of sp³-hybridized carbons (Fsp3) is 0.667. The molecule has 2 aliphatic heterocycles. The fourth-order valence-electron chi connectivity index (χ4n) is 4.24. The summed E-state index contributed by atoms with van der Waals surface area (Å²) in [5, 5.41) is 38.9. The third-order valence-corrected chi connectivity index (χ3v) is 6.01. The standard InChI is InChI=1S/C21H35BN4O5/c1-2-23-8-9-24-13-15-6-10-26(11-7-15)14-19(27)25-18-12-16-4-3-5-17(21(28)29)20(16)31-22(18)30/h3-5,15,18,21,23-24,28-30H,2,6-14H2,1H3,(H,25,27)/t18-/m0/s1. The number of amides is 1. The molecule has 1 saturated heterocycles. The molecular formula is C21H35BN4O5. The van der Waals surface area contributed by atoms with Crippen LogP contribution in [0.4, 0.5) is 0 Å². The lowest BCUT2D eigenvalue weighted by Crippen LogP contribution is -2.55. The predicted molar refractivity (Wildman–Crippen MR) is 118 cm³/mol. The van der Waals surface area contributed by atoms with Crippen LogP contribution in [0.15, 0.2) is 18.2 Å². The number of likely N-dealkylation sites (N-methyl/N-ethyl adjacent to an activating group) is 1. The van der Waals surface area contributed by atoms with E-state index >= 15 is 0 Å². The van der Waals surface area contributed by atoms with E-state index in [-0.39, 0.29) is 17.2 Å². The van der Waals surface area contributed by atoms with Crippen LogP contribution in [0, 0.1) is 5.92 Å². The van der Waals surface area contributed by atoms with Crippen molar-refractivity contribution in [1.29, 1.82) is 0 Å². The van der Waals surface area contributed by atoms with Crippen LogP contribution in [-0.4, -0.2) is 84.9 Å². The summed E-state index contributed by atoms with van der Waals surface area (Å²) < 4.78 is 5.50. The Morgan fingerprint density at radius 3 is 2.71 bits per heavy atom. The third kappa shape index (κ3) is 6.90. The maximum atomic E-state index is 12.5. The number of carbonyl (C=O) groups is 1. The van der Waals surface area contributed by atoms with Gasteiger partial charge in [-0.3, -0.25) is 9.69 Å². The van der Waals surface area contributed by atoms with Gasteiger partial charge in [-0.15, -0.1) is 0 Å². The highest BCUT2D eigenvalue weighted by molar-refractivity contribution is 6.46. The number of aliphatic hydroxyl groups is 2. The molecule has 172 valence electrons. The van der Waals surface area contributed by atoms with E-state index in [0.29, 0.717) is 18.9 Å². The normalized spacial score (nSPS) is 19.9. The van der Waals surface area contributed by atoms with Gasteiger partial charge >= 0.3 is 7.12 Å². The van der Waals surface area contributed by atoms with Gasteiger partial charge in [0, 0.05) is 18.7 Å². The second-order valence-corrected chi connectivity index (χ2v) is 8.37. The van der Waals surface area contributed by atoms with Crippen LogP contribution < -0.4 is 20.6 Å². The molecule has 10 heteroatoms. The van der Waals surface area contributed by atoms with E-state index < -0.39 is 19.3 Å². The van der Waals surface area contributed by atoms with E-state index in [0.717, 1.165) is 57.7 Å². The third-order valence-electron chi connectivity index (χ3n) is 6.01. The van der Waals surface area contributed by atoms with E-state index in [1.807, 2.05) is 0 Å². The molecule has 1 aromatic carbocycles. The Bertz CT molecular complexity index is 715. The van der Waals surface area contributed by atoms with E-state index in [1.165, 1.54) is 6.07 Å². The number of hydrogen-bond donors (Lipinski definition) is 6. The summed E-state index contributed by atoms with van der Waals surface area (Å²) in [6, 6.07) is 5.03. The first-order chi connectivity index (χ1) is 15.0. The number of para-hydroxylation sites is 1. The van der Waals surface area contributed by atoms with Crippen molar-refractivity contribution in [2.24, 2.45) is 5.92 Å². The number of nitrogens with one attached hydrogen (secondary N) is 3. The van der Waals surface area contributed by atoms with Crippen LogP contribution in [0.25, 0.3) is 0 Å². The van der Waals surface area contributed by atoms with Crippen LogP contribution in [0.2, 0.25) is 0 Å². The summed E-state index contributed by atoms with van der Waals surface area (Å²) in [6.07, 6.45) is 0.815. The average molecular weight is 434 g/mol. The zero-order valence-corrected chi connectivity index (χ0v) is 18.2. The molecule has 1 amide bonds. The van der Waals surface area contributed by atoms with Gasteiger partial charge in [0.05, 0.1) is 12.5 Å². The number of likely N-dealkylation sites (tertiary alicyclic amines) is 1. The maximum Gasteiger partial charge on any atom is 0.547 e. The van der Waals surface area contributed by atoms with Gasteiger partial charge in [-0.05, 0) is 56.9 Å². The SMILES string of the molecule is CCNCCNCC1CCN(CC(=O)N[C@H]2Cc3cccc(C(O)O)c3OB2O)CC1. The Kier molecular flexibility index (Phi) is 9.12. The van der Waals surface area contributed by atoms with Gasteiger partial charge in [-0.1, -0.05) is 25.1 Å². The van der Waals surface area contributed by atoms with Crippen LogP contribution in [0.5, 0.6) is 5.75 Å². The number of benzene rings is 1. The minimum atomic E-state index is -1.68. The molecule has 1 fully saturated rings. The second kappa shape index (κ2) is 11.8. The fourth-order valence-corrected chi connectivity index (χ4v) is 4.24. The quantitative estimate of drug-likeness (QED) is 0.158. The molecule has 2 heterocycles. The van der Waals surface area contributed by atoms with Crippen molar-refractivity contribution in [3.8, 4) is 5.75 Å². The lowest BCUT2D eigenvalue weighted by Gasteiger charge is -2.33. The lowest BCUT2D eigenvalue weighted by molar-refractivity contribution is -0.123. The van der Waals surface area contributed by atoms with Gasteiger partial charge < -0.3 is 35.8 Å². The Morgan fingerprint density at radius 1 is 1.26 bits per heavy atom. The first-order valence-corrected chi connectivity index (χ1v) is 11.2. The molecule has 0 bridgehead atoms. The second-order valence-electron chi connectivity index (χ2n) is 8.37. The molecule has 3 rings (SSSR count). The summed E-state index contributed by atoms with van der Waals surface area (Å²) in [6.45, 7) is 8.14. The van der Waals surface area contributed by atoms with Crippen molar-refractivity contribution >= 4 is 13.0 Å². The predicted octanol–water partition coefficient (Wildman–Crippen LogP) is -0.980. The van der Waals surface area contributed by atoms with Gasteiger partial charge in [-0.25, -0.2) is 0 Å². The minimum Gasteiger partial charge on any atom is -0.534 e. The maximum absolute atomic E-state index is 12.5. The lowest BCUT2D eigenvalue weighted by atomic mass is 9.72. The molecule has 0 radical (unpaired) electrons. The minimum absolute atomic E-state index is 0.142. The topological polar surface area (TPSA) is 126 Å². The van der Waals surface area contributed by atoms with Crippen molar-refractivity contribution in [3.05, 3.63) is 29.3 Å². The van der Waals surface area contributed by atoms with Gasteiger partial charge in [0.15, 0.2) is 6.29 Å². The molecule has 31 heavy (non-hydrogen) atoms. The Morgan fingerprint density at radius 2 is 2.00 bits per heavy atom. The molecular weight excluding hydrogens is 399 g/mol. The van der Waals surface area contributed by atoms with Crippen LogP contribution >= 0.6 is 0 Å². The Labute approximate surface area is 184 Å². The van der Waals surface area contributed by atoms with Crippen LogP contribution in [-0.2, 0) is 11.2 Å². The smallest absolute Gasteiger partial charge is 0.534 e. The zero-order chi connectivity index (χ0) is 22.2. The summed E-state index contributed by atoms with van der Waals surface area (Å²) in [4.78, 5) is 14.7. The van der Waals surface area contributed by atoms with Gasteiger partial charge in [0.2, 0.25) is 5.91 Å². The van der Waals surface area contributed by atoms with Crippen molar-refractivity contribution in [1.82, 2.24) is 20.9 Å². The molecule has 6 N–H and O–H groups in total. The van der Waals surface area contributed by atoms with E-state index in [2.05, 4.69) is 27.8 Å². The van der Waals surface area contributed by atoms with E-state index in [1.54, 1.807) is 12.1 Å². The van der Waals surface area contributed by atoms with Crippen LogP contribution in [0.3, 0.4) is 0 Å². The summed E-state index contributed by atoms with van der Waals surface area (Å²) in [5.41, 5.74) is 0.934. The monoisotopic (exact) mass is 434 g/mol. The molecule has 0 spiro atoms. The highest BCUT2D eigenvalue weighted by Crippen LogP contribution is 2.32.